The fourth-order valence-electron chi connectivity index (χ4n) is 1.97. The van der Waals surface area contributed by atoms with E-state index in [0.29, 0.717) is 15.6 Å². The molecule has 116 valence electrons. The van der Waals surface area contributed by atoms with Crippen LogP contribution in [0.25, 0.3) is 11.6 Å². The number of non-ortho nitro benzene ring substituents is 1. The minimum absolute atomic E-state index is 0.0430. The predicted octanol–water partition coefficient (Wildman–Crippen LogP) is 4.14. The summed E-state index contributed by atoms with van der Waals surface area (Å²) in [5.41, 5.74) is 1.21. The summed E-state index contributed by atoms with van der Waals surface area (Å²) in [7, 11) is 1.42. The molecule has 0 atom stereocenters. The van der Waals surface area contributed by atoms with Crippen LogP contribution in [-0.4, -0.2) is 17.1 Å². The molecular formula is C16H11BrN2O4. The van der Waals surface area contributed by atoms with Crippen LogP contribution in [0, 0.1) is 21.4 Å². The summed E-state index contributed by atoms with van der Waals surface area (Å²) in [5, 5.41) is 30.0. The highest BCUT2D eigenvalue weighted by Gasteiger charge is 2.11. The maximum absolute atomic E-state index is 10.8. The van der Waals surface area contributed by atoms with Crippen LogP contribution in [0.15, 0.2) is 40.9 Å². The maximum atomic E-state index is 10.8. The summed E-state index contributed by atoms with van der Waals surface area (Å²) in [6, 6.07) is 11.0. The Hall–Kier alpha value is -2.85. The van der Waals surface area contributed by atoms with Gasteiger partial charge in [0.15, 0.2) is 11.5 Å². The first-order valence-electron chi connectivity index (χ1n) is 6.39. The lowest BCUT2D eigenvalue weighted by Gasteiger charge is -2.07. The lowest BCUT2D eigenvalue weighted by atomic mass is 10.0. The molecule has 0 fully saturated rings. The second-order valence-electron chi connectivity index (χ2n) is 4.53. The lowest BCUT2D eigenvalue weighted by Crippen LogP contribution is -1.90. The Morgan fingerprint density at radius 3 is 2.78 bits per heavy atom. The van der Waals surface area contributed by atoms with Gasteiger partial charge in [-0.3, -0.25) is 10.1 Å². The normalized spacial score (nSPS) is 10.9. The van der Waals surface area contributed by atoms with Gasteiger partial charge in [0.1, 0.15) is 0 Å². The summed E-state index contributed by atoms with van der Waals surface area (Å²) in [6.07, 6.45) is 1.56. The Morgan fingerprint density at radius 1 is 1.43 bits per heavy atom. The second kappa shape index (κ2) is 6.94. The number of nitrogens with zero attached hydrogens (tertiary/aromatic N) is 2. The first kappa shape index (κ1) is 16.5. The molecule has 1 N–H and O–H groups in total. The van der Waals surface area contributed by atoms with Gasteiger partial charge in [-0.05, 0) is 45.3 Å². The molecule has 0 saturated heterocycles. The number of allylic oxidation sites excluding steroid dienone is 1. The first-order valence-corrected chi connectivity index (χ1v) is 7.18. The minimum atomic E-state index is -0.515. The summed E-state index contributed by atoms with van der Waals surface area (Å²) < 4.78 is 5.47. The molecule has 2 aromatic carbocycles. The number of benzene rings is 2. The molecule has 6 nitrogen and oxygen atoms in total. The topological polar surface area (TPSA) is 96.4 Å². The largest absolute Gasteiger partial charge is 0.503 e. The molecule has 0 aromatic heterocycles. The highest BCUT2D eigenvalue weighted by molar-refractivity contribution is 9.10. The summed E-state index contributed by atoms with van der Waals surface area (Å²) >= 11 is 3.21. The van der Waals surface area contributed by atoms with Crippen molar-refractivity contribution in [3.63, 3.8) is 0 Å². The monoisotopic (exact) mass is 374 g/mol. The van der Waals surface area contributed by atoms with E-state index in [1.807, 2.05) is 6.07 Å². The van der Waals surface area contributed by atoms with E-state index in [9.17, 15) is 20.5 Å². The van der Waals surface area contributed by atoms with Gasteiger partial charge in [0, 0.05) is 12.1 Å². The van der Waals surface area contributed by atoms with E-state index >= 15 is 0 Å². The zero-order valence-electron chi connectivity index (χ0n) is 12.0. The number of hydrogen-bond donors (Lipinski definition) is 1. The number of phenolic OH excluding ortho intramolecular Hbond substituents is 1. The fourth-order valence-corrected chi connectivity index (χ4v) is 2.43. The van der Waals surface area contributed by atoms with E-state index in [1.54, 1.807) is 24.3 Å². The van der Waals surface area contributed by atoms with Gasteiger partial charge in [0.05, 0.1) is 28.1 Å². The molecule has 23 heavy (non-hydrogen) atoms. The van der Waals surface area contributed by atoms with Crippen molar-refractivity contribution in [3.05, 3.63) is 62.1 Å². The third-order valence-corrected chi connectivity index (χ3v) is 3.67. The van der Waals surface area contributed by atoms with Crippen molar-refractivity contribution in [2.45, 2.75) is 0 Å². The Labute approximate surface area is 140 Å². The molecule has 0 bridgehead atoms. The van der Waals surface area contributed by atoms with E-state index in [4.69, 9.17) is 4.74 Å². The summed E-state index contributed by atoms with van der Waals surface area (Å²) in [5.74, 6) is 0.209. The van der Waals surface area contributed by atoms with E-state index < -0.39 is 4.92 Å². The van der Waals surface area contributed by atoms with Gasteiger partial charge >= 0.3 is 0 Å². The smallest absolute Gasteiger partial charge is 0.270 e. The number of methoxy groups -OCH3 is 1. The van der Waals surface area contributed by atoms with E-state index in [1.165, 1.54) is 25.3 Å². The predicted molar refractivity (Wildman–Crippen MR) is 88.9 cm³/mol. The third-order valence-electron chi connectivity index (χ3n) is 3.07. The molecule has 0 radical (unpaired) electrons. The number of rotatable bonds is 4. The van der Waals surface area contributed by atoms with E-state index in [2.05, 4.69) is 15.9 Å². The van der Waals surface area contributed by atoms with E-state index in [0.717, 1.165) is 0 Å². The van der Waals surface area contributed by atoms with Crippen molar-refractivity contribution in [1.82, 2.24) is 0 Å². The first-order chi connectivity index (χ1) is 11.0. The molecule has 0 spiro atoms. The number of nitriles is 1. The Kier molecular flexibility index (Phi) is 4.98. The minimum Gasteiger partial charge on any atom is -0.503 e. The highest BCUT2D eigenvalue weighted by atomic mass is 79.9. The number of nitro groups is 1. The Morgan fingerprint density at radius 2 is 2.17 bits per heavy atom. The molecule has 0 aliphatic carbocycles. The molecular weight excluding hydrogens is 364 g/mol. The average molecular weight is 375 g/mol. The highest BCUT2D eigenvalue weighted by Crippen LogP contribution is 2.36. The number of ether oxygens (including phenoxy) is 1. The van der Waals surface area contributed by atoms with Crippen molar-refractivity contribution in [3.8, 4) is 17.6 Å². The average Bonchev–Trinajstić information content (AvgIpc) is 2.55. The van der Waals surface area contributed by atoms with Gasteiger partial charge in [0.2, 0.25) is 0 Å². The molecule has 0 saturated carbocycles. The van der Waals surface area contributed by atoms with Gasteiger partial charge in [-0.15, -0.1) is 0 Å². The molecule has 0 unspecified atom stereocenters. The number of nitro benzene ring substituents is 1. The molecule has 0 aliphatic rings. The van der Waals surface area contributed by atoms with Gasteiger partial charge in [-0.25, -0.2) is 0 Å². The maximum Gasteiger partial charge on any atom is 0.270 e. The lowest BCUT2D eigenvalue weighted by molar-refractivity contribution is -0.384. The third kappa shape index (κ3) is 3.67. The fraction of sp³-hybridized carbons (Fsp3) is 0.0625. The Balaban J connectivity index is 2.52. The van der Waals surface area contributed by atoms with Crippen LogP contribution in [0.2, 0.25) is 0 Å². The van der Waals surface area contributed by atoms with Crippen LogP contribution in [-0.2, 0) is 0 Å². The molecule has 2 rings (SSSR count). The van der Waals surface area contributed by atoms with Crippen LogP contribution >= 0.6 is 15.9 Å². The molecule has 2 aromatic rings. The van der Waals surface area contributed by atoms with Crippen molar-refractivity contribution in [2.75, 3.05) is 7.11 Å². The number of phenols is 1. The zero-order valence-corrected chi connectivity index (χ0v) is 13.6. The van der Waals surface area contributed by atoms with Crippen LogP contribution in [0.3, 0.4) is 0 Å². The quantitative estimate of drug-likeness (QED) is 0.375. The number of aromatic hydroxyl groups is 1. The van der Waals surface area contributed by atoms with Crippen molar-refractivity contribution >= 4 is 33.3 Å². The van der Waals surface area contributed by atoms with Crippen LogP contribution in [0.4, 0.5) is 5.69 Å². The number of hydrogen-bond acceptors (Lipinski definition) is 5. The molecule has 0 amide bonds. The van der Waals surface area contributed by atoms with Crippen molar-refractivity contribution < 1.29 is 14.8 Å². The molecule has 0 aliphatic heterocycles. The molecule has 0 heterocycles. The zero-order chi connectivity index (χ0) is 17.0. The van der Waals surface area contributed by atoms with Gasteiger partial charge in [-0.2, -0.15) is 5.26 Å². The van der Waals surface area contributed by atoms with Crippen LogP contribution in [0.1, 0.15) is 11.1 Å². The van der Waals surface area contributed by atoms with Crippen molar-refractivity contribution in [1.29, 1.82) is 5.26 Å². The molecule has 7 heteroatoms. The second-order valence-corrected chi connectivity index (χ2v) is 5.39. The Bertz CT molecular complexity index is 840. The number of halogens is 1. The van der Waals surface area contributed by atoms with Gasteiger partial charge in [-0.1, -0.05) is 12.1 Å². The summed E-state index contributed by atoms with van der Waals surface area (Å²) in [6.45, 7) is 0. The van der Waals surface area contributed by atoms with Gasteiger partial charge < -0.3 is 9.84 Å². The van der Waals surface area contributed by atoms with Crippen LogP contribution < -0.4 is 4.74 Å². The van der Waals surface area contributed by atoms with Crippen molar-refractivity contribution in [2.24, 2.45) is 0 Å². The standard InChI is InChI=1S/C16H11BrN2O4/c1-23-15-7-10(6-14(17)16(15)20)5-12(9-18)11-3-2-4-13(8-11)19(21)22/h2-8,20H,1H3. The van der Waals surface area contributed by atoms with Crippen LogP contribution in [0.5, 0.6) is 11.5 Å². The van der Waals surface area contributed by atoms with Gasteiger partial charge in [0.25, 0.3) is 5.69 Å². The SMILES string of the molecule is COc1cc(C=C(C#N)c2cccc([N+](=O)[O-])c2)cc(Br)c1O. The van der Waals surface area contributed by atoms with E-state index in [-0.39, 0.29) is 22.8 Å². The summed E-state index contributed by atoms with van der Waals surface area (Å²) in [4.78, 5) is 10.3.